The molecule has 1 aromatic rings. The maximum Gasteiger partial charge on any atom is 0.326 e. The molecule has 0 aliphatic carbocycles. The summed E-state index contributed by atoms with van der Waals surface area (Å²) in [6.07, 6.45) is 0.296. The van der Waals surface area contributed by atoms with Crippen LogP contribution in [0.25, 0.3) is 0 Å². The maximum absolute atomic E-state index is 11.8. The lowest BCUT2D eigenvalue weighted by molar-refractivity contribution is -0.142. The second-order valence-corrected chi connectivity index (χ2v) is 6.24. The van der Waals surface area contributed by atoms with E-state index < -0.39 is 23.8 Å². The van der Waals surface area contributed by atoms with Gasteiger partial charge in [0.2, 0.25) is 5.91 Å². The van der Waals surface area contributed by atoms with Crippen LogP contribution in [0.1, 0.15) is 37.6 Å². The predicted molar refractivity (Wildman–Crippen MR) is 94.0 cm³/mol. The van der Waals surface area contributed by atoms with Crippen molar-refractivity contribution in [2.45, 2.75) is 33.2 Å². The van der Waals surface area contributed by atoms with Crippen molar-refractivity contribution in [1.29, 1.82) is 0 Å². The molecule has 2 amide bonds. The zero-order chi connectivity index (χ0) is 19.7. The Morgan fingerprint density at radius 3 is 2.42 bits per heavy atom. The summed E-state index contributed by atoms with van der Waals surface area (Å²) in [6.45, 7) is 4.44. The molecule has 0 spiro atoms. The molecular formula is C18H24N2O6. The number of ketones is 1. The molecule has 1 aromatic carbocycles. The first-order valence-corrected chi connectivity index (χ1v) is 8.21. The third-order valence-electron chi connectivity index (χ3n) is 3.40. The van der Waals surface area contributed by atoms with Crippen molar-refractivity contribution in [3.63, 3.8) is 0 Å². The molecule has 0 aliphatic heterocycles. The van der Waals surface area contributed by atoms with Crippen LogP contribution in [-0.4, -0.2) is 47.9 Å². The number of nitrogens with one attached hydrogen (secondary N) is 2. The van der Waals surface area contributed by atoms with Crippen LogP contribution in [0.5, 0.6) is 5.75 Å². The molecule has 3 N–H and O–H groups in total. The summed E-state index contributed by atoms with van der Waals surface area (Å²) in [5.74, 6) is -1.91. The lowest BCUT2D eigenvalue weighted by Crippen LogP contribution is -2.46. The van der Waals surface area contributed by atoms with Crippen LogP contribution in [-0.2, 0) is 14.4 Å². The number of hydrogen-bond acceptors (Lipinski definition) is 5. The minimum atomic E-state index is -1.12. The standard InChI is InChI=1S/C18H24N2O6/c1-11(2)7-15(18(24)25)20-16(22)9-19-17(23)10-26-14-6-4-5-13(8-14)12(3)21/h4-6,8,11,15H,7,9-10H2,1-3H3,(H,19,23)(H,20,22)(H,24,25)/t15-/m0/s1. The number of amides is 2. The van der Waals surface area contributed by atoms with Gasteiger partial charge < -0.3 is 20.5 Å². The Morgan fingerprint density at radius 2 is 1.85 bits per heavy atom. The Kier molecular flexibility index (Phi) is 8.27. The van der Waals surface area contributed by atoms with Gasteiger partial charge in [-0.3, -0.25) is 14.4 Å². The van der Waals surface area contributed by atoms with E-state index in [0.717, 1.165) is 0 Å². The predicted octanol–water partition coefficient (Wildman–Crippen LogP) is 1.000. The van der Waals surface area contributed by atoms with E-state index in [9.17, 15) is 19.2 Å². The van der Waals surface area contributed by atoms with Gasteiger partial charge >= 0.3 is 5.97 Å². The SMILES string of the molecule is CC(=O)c1cccc(OCC(=O)NCC(=O)N[C@@H](CC(C)C)C(=O)O)c1. The molecule has 0 saturated carbocycles. The fraction of sp³-hybridized carbons (Fsp3) is 0.444. The zero-order valence-corrected chi connectivity index (χ0v) is 15.1. The van der Waals surface area contributed by atoms with Gasteiger partial charge in [-0.1, -0.05) is 26.0 Å². The van der Waals surface area contributed by atoms with E-state index in [-0.39, 0.29) is 24.9 Å². The molecule has 0 aromatic heterocycles. The van der Waals surface area contributed by atoms with E-state index >= 15 is 0 Å². The maximum atomic E-state index is 11.8. The summed E-state index contributed by atoms with van der Waals surface area (Å²) >= 11 is 0. The molecule has 0 heterocycles. The fourth-order valence-corrected chi connectivity index (χ4v) is 2.12. The van der Waals surface area contributed by atoms with E-state index in [2.05, 4.69) is 10.6 Å². The molecular weight excluding hydrogens is 340 g/mol. The molecule has 1 atom stereocenters. The molecule has 0 fully saturated rings. The zero-order valence-electron chi connectivity index (χ0n) is 15.1. The number of aliphatic carboxylic acids is 1. The number of rotatable bonds is 10. The number of Topliss-reactive ketones (excluding diaryl/α,β-unsaturated/α-hetero) is 1. The van der Waals surface area contributed by atoms with Gasteiger partial charge in [-0.05, 0) is 31.4 Å². The first-order valence-electron chi connectivity index (χ1n) is 8.21. The number of carboxylic acid groups (broad SMARTS) is 1. The van der Waals surface area contributed by atoms with Crippen molar-refractivity contribution >= 4 is 23.6 Å². The minimum absolute atomic E-state index is 0.102. The fourth-order valence-electron chi connectivity index (χ4n) is 2.12. The van der Waals surface area contributed by atoms with Crippen molar-refractivity contribution in [2.75, 3.05) is 13.2 Å². The van der Waals surface area contributed by atoms with Gasteiger partial charge in [0.25, 0.3) is 5.91 Å². The number of hydrogen-bond donors (Lipinski definition) is 3. The summed E-state index contributed by atoms with van der Waals surface area (Å²) in [6, 6.07) is 5.40. The average molecular weight is 364 g/mol. The van der Waals surface area contributed by atoms with Crippen molar-refractivity contribution in [1.82, 2.24) is 10.6 Å². The van der Waals surface area contributed by atoms with Crippen LogP contribution in [0.4, 0.5) is 0 Å². The number of carboxylic acids is 1. The second kappa shape index (κ2) is 10.2. The average Bonchev–Trinajstić information content (AvgIpc) is 2.57. The number of carbonyl (C=O) groups excluding carboxylic acids is 3. The van der Waals surface area contributed by atoms with Crippen molar-refractivity contribution in [3.8, 4) is 5.75 Å². The molecule has 26 heavy (non-hydrogen) atoms. The highest BCUT2D eigenvalue weighted by Gasteiger charge is 2.21. The van der Waals surface area contributed by atoms with Crippen LogP contribution in [0, 0.1) is 5.92 Å². The van der Waals surface area contributed by atoms with Gasteiger partial charge in [0.1, 0.15) is 11.8 Å². The van der Waals surface area contributed by atoms with Gasteiger partial charge in [0, 0.05) is 5.56 Å². The van der Waals surface area contributed by atoms with Gasteiger partial charge in [-0.25, -0.2) is 4.79 Å². The quantitative estimate of drug-likeness (QED) is 0.533. The number of ether oxygens (including phenoxy) is 1. The summed E-state index contributed by atoms with van der Waals surface area (Å²) in [5.41, 5.74) is 0.465. The van der Waals surface area contributed by atoms with Gasteiger partial charge in [-0.15, -0.1) is 0 Å². The van der Waals surface area contributed by atoms with Crippen molar-refractivity contribution in [2.24, 2.45) is 5.92 Å². The summed E-state index contributed by atoms with van der Waals surface area (Å²) in [5, 5.41) is 13.8. The van der Waals surface area contributed by atoms with Crippen molar-refractivity contribution in [3.05, 3.63) is 29.8 Å². The van der Waals surface area contributed by atoms with Gasteiger partial charge in [0.05, 0.1) is 6.54 Å². The molecule has 8 nitrogen and oxygen atoms in total. The molecule has 8 heteroatoms. The molecule has 0 aliphatic rings. The van der Waals surface area contributed by atoms with Gasteiger partial charge in [0.15, 0.2) is 12.4 Å². The van der Waals surface area contributed by atoms with E-state index in [4.69, 9.17) is 9.84 Å². The Bertz CT molecular complexity index is 671. The Balaban J connectivity index is 2.41. The lowest BCUT2D eigenvalue weighted by Gasteiger charge is -2.16. The Hall–Kier alpha value is -2.90. The minimum Gasteiger partial charge on any atom is -0.484 e. The third-order valence-corrected chi connectivity index (χ3v) is 3.40. The Morgan fingerprint density at radius 1 is 1.15 bits per heavy atom. The summed E-state index contributed by atoms with van der Waals surface area (Å²) < 4.78 is 5.27. The van der Waals surface area contributed by atoms with E-state index in [1.54, 1.807) is 18.2 Å². The number of carbonyl (C=O) groups is 4. The molecule has 1 rings (SSSR count). The second-order valence-electron chi connectivity index (χ2n) is 6.24. The molecule has 0 saturated heterocycles. The molecule has 0 radical (unpaired) electrons. The summed E-state index contributed by atoms with van der Waals surface area (Å²) in [4.78, 5) is 45.9. The van der Waals surface area contributed by atoms with Crippen LogP contribution in [0.15, 0.2) is 24.3 Å². The summed E-state index contributed by atoms with van der Waals surface area (Å²) in [7, 11) is 0. The lowest BCUT2D eigenvalue weighted by atomic mass is 10.0. The van der Waals surface area contributed by atoms with E-state index in [1.165, 1.54) is 13.0 Å². The smallest absolute Gasteiger partial charge is 0.326 e. The third kappa shape index (κ3) is 7.78. The highest BCUT2D eigenvalue weighted by Crippen LogP contribution is 2.13. The first-order chi connectivity index (χ1) is 12.2. The number of benzene rings is 1. The normalized spacial score (nSPS) is 11.5. The monoisotopic (exact) mass is 364 g/mol. The van der Waals surface area contributed by atoms with Gasteiger partial charge in [-0.2, -0.15) is 0 Å². The molecule has 142 valence electrons. The van der Waals surface area contributed by atoms with E-state index in [0.29, 0.717) is 17.7 Å². The highest BCUT2D eigenvalue weighted by molar-refractivity contribution is 5.94. The Labute approximate surface area is 151 Å². The van der Waals surface area contributed by atoms with Crippen LogP contribution in [0.2, 0.25) is 0 Å². The largest absolute Gasteiger partial charge is 0.484 e. The molecule has 0 unspecified atom stereocenters. The van der Waals surface area contributed by atoms with Crippen LogP contribution in [0.3, 0.4) is 0 Å². The van der Waals surface area contributed by atoms with E-state index in [1.807, 2.05) is 13.8 Å². The van der Waals surface area contributed by atoms with Crippen LogP contribution < -0.4 is 15.4 Å². The van der Waals surface area contributed by atoms with Crippen molar-refractivity contribution < 1.29 is 29.0 Å². The topological polar surface area (TPSA) is 122 Å². The molecule has 0 bridgehead atoms. The first kappa shape index (κ1) is 21.1. The van der Waals surface area contributed by atoms with Crippen LogP contribution >= 0.6 is 0 Å². The highest BCUT2D eigenvalue weighted by atomic mass is 16.5.